The smallest absolute Gasteiger partial charge is 0.151 e. The van der Waals surface area contributed by atoms with Crippen LogP contribution in [0.1, 0.15) is 36.2 Å². The monoisotopic (exact) mass is 345 g/mol. The molecule has 2 aliphatic rings. The summed E-state index contributed by atoms with van der Waals surface area (Å²) in [4.78, 5) is 10.3. The number of nitriles is 1. The maximum absolute atomic E-state index is 13.3. The van der Waals surface area contributed by atoms with Crippen molar-refractivity contribution in [2.45, 2.75) is 31.8 Å². The average molecular weight is 345 g/mol. The van der Waals surface area contributed by atoms with Crippen molar-refractivity contribution in [3.8, 4) is 17.9 Å². The maximum atomic E-state index is 13.3. The van der Waals surface area contributed by atoms with E-state index in [9.17, 15) is 9.65 Å². The first-order valence-corrected chi connectivity index (χ1v) is 8.48. The Bertz CT molecular complexity index is 999. The van der Waals surface area contributed by atoms with Gasteiger partial charge in [0.2, 0.25) is 0 Å². The van der Waals surface area contributed by atoms with Gasteiger partial charge in [0.1, 0.15) is 17.9 Å². The topological polar surface area (TPSA) is 57.2 Å². The summed E-state index contributed by atoms with van der Waals surface area (Å²) in [6.45, 7) is 0.535. The predicted octanol–water partition coefficient (Wildman–Crippen LogP) is 3.32. The van der Waals surface area contributed by atoms with Gasteiger partial charge in [-0.15, -0.1) is 0 Å². The third kappa shape index (κ3) is 3.10. The lowest BCUT2D eigenvalue weighted by molar-refractivity contribution is 0.620. The van der Waals surface area contributed by atoms with Crippen molar-refractivity contribution < 1.29 is 4.39 Å². The molecule has 0 aromatic carbocycles. The fourth-order valence-corrected chi connectivity index (χ4v) is 3.11. The minimum atomic E-state index is -0.516. The van der Waals surface area contributed by atoms with Gasteiger partial charge in [0.25, 0.3) is 0 Å². The van der Waals surface area contributed by atoms with Crippen LogP contribution in [-0.4, -0.2) is 21.8 Å². The van der Waals surface area contributed by atoms with E-state index in [0.29, 0.717) is 12.4 Å². The molecule has 6 heteroatoms. The standard InChI is InChI=1S/C20H16FN5/c21-16-11-15(12-22)20(24-13-16)25-9-10-26-18(6-7-19(26)14-25)5-4-17-3-1-2-8-23-17/h6-11,13,17H,1-3,14H2. The van der Waals surface area contributed by atoms with Crippen LogP contribution in [0.2, 0.25) is 0 Å². The lowest BCUT2D eigenvalue weighted by Gasteiger charge is -2.24. The van der Waals surface area contributed by atoms with Gasteiger partial charge in [-0.25, -0.2) is 9.37 Å². The van der Waals surface area contributed by atoms with Crippen LogP contribution >= 0.6 is 0 Å². The number of nitrogens with zero attached hydrogens (tertiary/aromatic N) is 5. The molecule has 2 aromatic heterocycles. The van der Waals surface area contributed by atoms with Crippen LogP contribution in [0, 0.1) is 29.0 Å². The first-order chi connectivity index (χ1) is 12.7. The fourth-order valence-electron chi connectivity index (χ4n) is 3.11. The Labute approximate surface area is 151 Å². The van der Waals surface area contributed by atoms with E-state index in [4.69, 9.17) is 0 Å². The molecule has 5 nitrogen and oxygen atoms in total. The Kier molecular flexibility index (Phi) is 4.25. The largest absolute Gasteiger partial charge is 0.325 e. The predicted molar refractivity (Wildman–Crippen MR) is 97.9 cm³/mol. The number of hydrogen-bond donors (Lipinski definition) is 0. The van der Waals surface area contributed by atoms with Crippen molar-refractivity contribution in [3.05, 3.63) is 53.4 Å². The lowest BCUT2D eigenvalue weighted by atomic mass is 10.1. The molecule has 4 rings (SSSR count). The molecule has 0 aliphatic carbocycles. The molecule has 2 aliphatic heterocycles. The molecule has 1 atom stereocenters. The van der Waals surface area contributed by atoms with E-state index >= 15 is 0 Å². The summed E-state index contributed by atoms with van der Waals surface area (Å²) < 4.78 is 15.3. The number of hydrogen-bond acceptors (Lipinski definition) is 4. The van der Waals surface area contributed by atoms with Crippen LogP contribution < -0.4 is 4.90 Å². The van der Waals surface area contributed by atoms with Crippen molar-refractivity contribution in [1.82, 2.24) is 9.55 Å². The molecule has 128 valence electrons. The molecule has 0 saturated heterocycles. The molecule has 26 heavy (non-hydrogen) atoms. The van der Waals surface area contributed by atoms with Gasteiger partial charge in [-0.05, 0) is 43.4 Å². The van der Waals surface area contributed by atoms with Gasteiger partial charge in [-0.3, -0.25) is 4.99 Å². The quantitative estimate of drug-likeness (QED) is 0.745. The van der Waals surface area contributed by atoms with Gasteiger partial charge in [0.05, 0.1) is 24.0 Å². The van der Waals surface area contributed by atoms with Gasteiger partial charge in [0, 0.05) is 24.3 Å². The highest BCUT2D eigenvalue weighted by Crippen LogP contribution is 2.25. The molecule has 2 aromatic rings. The number of rotatable bonds is 1. The van der Waals surface area contributed by atoms with E-state index in [1.807, 2.05) is 46.3 Å². The molecule has 0 bridgehead atoms. The van der Waals surface area contributed by atoms with Gasteiger partial charge in [-0.1, -0.05) is 5.92 Å². The van der Waals surface area contributed by atoms with Crippen LogP contribution in [0.3, 0.4) is 0 Å². The van der Waals surface area contributed by atoms with E-state index in [-0.39, 0.29) is 11.6 Å². The molecule has 1 unspecified atom stereocenters. The van der Waals surface area contributed by atoms with Crippen molar-refractivity contribution in [2.75, 3.05) is 4.90 Å². The number of aromatic nitrogens is 2. The van der Waals surface area contributed by atoms with Crippen molar-refractivity contribution >= 4 is 18.2 Å². The number of halogens is 1. The van der Waals surface area contributed by atoms with Crippen LogP contribution in [0.15, 0.2) is 35.6 Å². The van der Waals surface area contributed by atoms with Gasteiger partial charge in [-0.2, -0.15) is 5.26 Å². The average Bonchev–Trinajstić information content (AvgIpc) is 3.09. The summed E-state index contributed by atoms with van der Waals surface area (Å²) in [5.74, 6) is 6.38. The Morgan fingerprint density at radius 1 is 1.27 bits per heavy atom. The molecule has 0 N–H and O–H groups in total. The summed E-state index contributed by atoms with van der Waals surface area (Å²) in [5.41, 5.74) is 2.15. The molecule has 0 fully saturated rings. The van der Waals surface area contributed by atoms with Crippen LogP contribution in [0.25, 0.3) is 6.20 Å². The third-order valence-corrected chi connectivity index (χ3v) is 4.42. The van der Waals surface area contributed by atoms with E-state index in [2.05, 4.69) is 21.8 Å². The van der Waals surface area contributed by atoms with Crippen LogP contribution in [0.5, 0.6) is 0 Å². The molecule has 0 radical (unpaired) electrons. The van der Waals surface area contributed by atoms with Gasteiger partial charge in [0.15, 0.2) is 5.82 Å². The summed E-state index contributed by atoms with van der Waals surface area (Å²) in [6.07, 6.45) is 9.98. The highest BCUT2D eigenvalue weighted by Gasteiger charge is 2.18. The zero-order valence-electron chi connectivity index (χ0n) is 14.1. The minimum absolute atomic E-state index is 0.0839. The number of aliphatic imine (C=N–C) groups is 1. The van der Waals surface area contributed by atoms with Crippen molar-refractivity contribution in [1.29, 1.82) is 5.26 Å². The Morgan fingerprint density at radius 3 is 3.00 bits per heavy atom. The number of fused-ring (bicyclic) bond motifs is 1. The van der Waals surface area contributed by atoms with E-state index in [0.717, 1.165) is 36.8 Å². The Balaban J connectivity index is 1.59. The van der Waals surface area contributed by atoms with Gasteiger partial charge >= 0.3 is 0 Å². The molecule has 0 saturated carbocycles. The number of pyridine rings is 1. The second-order valence-electron chi connectivity index (χ2n) is 6.19. The van der Waals surface area contributed by atoms with Crippen molar-refractivity contribution in [3.63, 3.8) is 0 Å². The Hall–Kier alpha value is -3.38. The highest BCUT2D eigenvalue weighted by atomic mass is 19.1. The van der Waals surface area contributed by atoms with Gasteiger partial charge < -0.3 is 9.47 Å². The molecular weight excluding hydrogens is 329 g/mol. The summed E-state index contributed by atoms with van der Waals surface area (Å²) >= 11 is 0. The normalized spacial score (nSPS) is 18.0. The summed E-state index contributed by atoms with van der Waals surface area (Å²) in [7, 11) is 0. The minimum Gasteiger partial charge on any atom is -0.325 e. The SMILES string of the molecule is N#Cc1cc(F)cnc1N1C=Cn2c(C#CC3CCCC=N3)ccc2C1. The first-order valence-electron chi connectivity index (χ1n) is 8.48. The third-order valence-electron chi connectivity index (χ3n) is 4.42. The number of anilines is 1. The second-order valence-corrected chi connectivity index (χ2v) is 6.19. The summed E-state index contributed by atoms with van der Waals surface area (Å²) in [6, 6.07) is 7.26. The highest BCUT2D eigenvalue weighted by molar-refractivity contribution is 5.60. The van der Waals surface area contributed by atoms with Crippen molar-refractivity contribution in [2.24, 2.45) is 4.99 Å². The molecule has 0 spiro atoms. The Morgan fingerprint density at radius 2 is 2.19 bits per heavy atom. The first kappa shape index (κ1) is 16.1. The molecule has 4 heterocycles. The maximum Gasteiger partial charge on any atom is 0.151 e. The zero-order valence-corrected chi connectivity index (χ0v) is 14.1. The van der Waals surface area contributed by atoms with E-state index in [1.165, 1.54) is 6.07 Å². The zero-order chi connectivity index (χ0) is 17.9. The van der Waals surface area contributed by atoms with Crippen LogP contribution in [-0.2, 0) is 6.54 Å². The second kappa shape index (κ2) is 6.85. The summed E-state index contributed by atoms with van der Waals surface area (Å²) in [5, 5.41) is 9.22. The van der Waals surface area contributed by atoms with E-state index in [1.54, 1.807) is 0 Å². The fraction of sp³-hybridized carbons (Fsp3) is 0.250. The van der Waals surface area contributed by atoms with E-state index < -0.39 is 5.82 Å². The lowest BCUT2D eigenvalue weighted by Crippen LogP contribution is -2.23. The van der Waals surface area contributed by atoms with Crippen LogP contribution in [0.4, 0.5) is 10.2 Å². The molecule has 0 amide bonds. The molecular formula is C20H16FN5.